The molecule has 0 atom stereocenters. The van der Waals surface area contributed by atoms with Gasteiger partial charge in [-0.3, -0.25) is 14.6 Å². The number of ether oxygens (including phenoxy) is 3. The van der Waals surface area contributed by atoms with Gasteiger partial charge in [0.1, 0.15) is 5.78 Å². The Labute approximate surface area is 203 Å². The van der Waals surface area contributed by atoms with Crippen LogP contribution in [-0.2, 0) is 21.4 Å². The molecule has 1 aromatic heterocycles. The van der Waals surface area contributed by atoms with Crippen LogP contribution in [0.2, 0.25) is 0 Å². The molecule has 1 saturated heterocycles. The molecule has 1 saturated carbocycles. The first-order valence-electron chi connectivity index (χ1n) is 12.0. The van der Waals surface area contributed by atoms with Crippen molar-refractivity contribution in [1.29, 1.82) is 0 Å². The van der Waals surface area contributed by atoms with Gasteiger partial charge in [0.25, 0.3) is 5.91 Å². The van der Waals surface area contributed by atoms with Crippen molar-refractivity contribution in [3.63, 3.8) is 0 Å². The second-order valence-electron chi connectivity index (χ2n) is 9.25. The normalized spacial score (nSPS) is 17.8. The maximum absolute atomic E-state index is 13.4. The molecule has 3 aromatic rings. The van der Waals surface area contributed by atoms with Gasteiger partial charge in [0.15, 0.2) is 11.5 Å². The molecule has 0 radical (unpaired) electrons. The number of benzene rings is 2. The SMILES string of the molecule is O=C(c1ccc(-c2cccc(CC(=O)C3(c4ccc5c(c4)OCO5)CC3)n2)cc1)N1CCOCC1. The zero-order valence-corrected chi connectivity index (χ0v) is 19.4. The number of carbonyl (C=O) groups is 2. The summed E-state index contributed by atoms with van der Waals surface area (Å²) in [4.78, 5) is 32.6. The van der Waals surface area contributed by atoms with Crippen molar-refractivity contribution in [2.45, 2.75) is 24.7 Å². The maximum atomic E-state index is 13.4. The van der Waals surface area contributed by atoms with E-state index in [2.05, 4.69) is 0 Å². The van der Waals surface area contributed by atoms with Crippen molar-refractivity contribution in [1.82, 2.24) is 9.88 Å². The molecule has 6 rings (SSSR count). The van der Waals surface area contributed by atoms with Crippen LogP contribution < -0.4 is 9.47 Å². The second kappa shape index (κ2) is 8.82. The van der Waals surface area contributed by atoms with Gasteiger partial charge in [-0.25, -0.2) is 0 Å². The third kappa shape index (κ3) is 4.17. The summed E-state index contributed by atoms with van der Waals surface area (Å²) in [6.07, 6.45) is 1.95. The van der Waals surface area contributed by atoms with Gasteiger partial charge in [-0.2, -0.15) is 0 Å². The molecular formula is C28H26N2O5. The highest BCUT2D eigenvalue weighted by molar-refractivity contribution is 5.95. The number of aromatic nitrogens is 1. The Morgan fingerprint density at radius 1 is 0.914 bits per heavy atom. The van der Waals surface area contributed by atoms with E-state index in [1.807, 2.05) is 65.6 Å². The van der Waals surface area contributed by atoms with Gasteiger partial charge in [0, 0.05) is 36.3 Å². The molecule has 0 bridgehead atoms. The predicted octanol–water partition coefficient (Wildman–Crippen LogP) is 3.79. The van der Waals surface area contributed by atoms with E-state index >= 15 is 0 Å². The van der Waals surface area contributed by atoms with E-state index in [1.54, 1.807) is 0 Å². The standard InChI is InChI=1S/C28H26N2O5/c31-26(28(10-11-28)21-8-9-24-25(16-21)35-18-34-24)17-22-2-1-3-23(29-22)19-4-6-20(7-5-19)27(32)30-12-14-33-15-13-30/h1-9,16H,10-15,17-18H2. The van der Waals surface area contributed by atoms with E-state index in [1.165, 1.54) is 0 Å². The first-order valence-corrected chi connectivity index (χ1v) is 12.0. The van der Waals surface area contributed by atoms with E-state index in [-0.39, 0.29) is 24.9 Å². The van der Waals surface area contributed by atoms with E-state index in [4.69, 9.17) is 19.2 Å². The molecule has 7 heteroatoms. The van der Waals surface area contributed by atoms with Gasteiger partial charge in [-0.15, -0.1) is 0 Å². The molecule has 0 unspecified atom stereocenters. The largest absolute Gasteiger partial charge is 0.454 e. The fourth-order valence-corrected chi connectivity index (χ4v) is 4.85. The fourth-order valence-electron chi connectivity index (χ4n) is 4.85. The minimum atomic E-state index is -0.458. The van der Waals surface area contributed by atoms with Gasteiger partial charge in [0.2, 0.25) is 6.79 Å². The fraction of sp³-hybridized carbons (Fsp3) is 0.321. The van der Waals surface area contributed by atoms with Crippen molar-refractivity contribution < 1.29 is 23.8 Å². The number of fused-ring (bicyclic) bond motifs is 1. The van der Waals surface area contributed by atoms with E-state index < -0.39 is 5.41 Å². The summed E-state index contributed by atoms with van der Waals surface area (Å²) in [5.41, 5.74) is 3.63. The van der Waals surface area contributed by atoms with Crippen LogP contribution in [0.15, 0.2) is 60.7 Å². The van der Waals surface area contributed by atoms with Gasteiger partial charge >= 0.3 is 0 Å². The Morgan fingerprint density at radius 2 is 1.69 bits per heavy atom. The lowest BCUT2D eigenvalue weighted by Gasteiger charge is -2.26. The number of carbonyl (C=O) groups excluding carboxylic acids is 2. The maximum Gasteiger partial charge on any atom is 0.254 e. The number of hydrogen-bond acceptors (Lipinski definition) is 6. The lowest BCUT2D eigenvalue weighted by atomic mass is 9.88. The van der Waals surface area contributed by atoms with Crippen LogP contribution in [-0.4, -0.2) is 54.7 Å². The Hall–Kier alpha value is -3.71. The third-order valence-electron chi connectivity index (χ3n) is 7.08. The Kier molecular flexibility index (Phi) is 5.49. The summed E-state index contributed by atoms with van der Waals surface area (Å²) in [6, 6.07) is 19.1. The Morgan fingerprint density at radius 3 is 2.46 bits per heavy atom. The van der Waals surface area contributed by atoms with Gasteiger partial charge in [0.05, 0.1) is 24.3 Å². The van der Waals surface area contributed by atoms with E-state index in [0.29, 0.717) is 37.6 Å². The summed E-state index contributed by atoms with van der Waals surface area (Å²) < 4.78 is 16.2. The lowest BCUT2D eigenvalue weighted by Crippen LogP contribution is -2.40. The molecule has 7 nitrogen and oxygen atoms in total. The molecule has 0 N–H and O–H groups in total. The number of morpholine rings is 1. The highest BCUT2D eigenvalue weighted by Gasteiger charge is 2.51. The molecule has 35 heavy (non-hydrogen) atoms. The smallest absolute Gasteiger partial charge is 0.254 e. The minimum Gasteiger partial charge on any atom is -0.454 e. The van der Waals surface area contributed by atoms with Crippen LogP contribution in [0.3, 0.4) is 0 Å². The third-order valence-corrected chi connectivity index (χ3v) is 7.08. The highest BCUT2D eigenvalue weighted by atomic mass is 16.7. The summed E-state index contributed by atoms with van der Waals surface area (Å²) >= 11 is 0. The first kappa shape index (κ1) is 21.8. The quantitative estimate of drug-likeness (QED) is 0.546. The van der Waals surface area contributed by atoms with Crippen LogP contribution >= 0.6 is 0 Å². The van der Waals surface area contributed by atoms with Crippen LogP contribution in [0.4, 0.5) is 0 Å². The van der Waals surface area contributed by atoms with Gasteiger partial charge in [-0.05, 0) is 54.8 Å². The van der Waals surface area contributed by atoms with Gasteiger partial charge in [-0.1, -0.05) is 24.3 Å². The van der Waals surface area contributed by atoms with Crippen molar-refractivity contribution in [2.24, 2.45) is 0 Å². The molecule has 178 valence electrons. The Balaban J connectivity index is 1.17. The van der Waals surface area contributed by atoms with Crippen molar-refractivity contribution in [2.75, 3.05) is 33.1 Å². The first-order chi connectivity index (χ1) is 17.1. The molecule has 3 aliphatic rings. The molecule has 3 heterocycles. The van der Waals surface area contributed by atoms with Crippen molar-refractivity contribution in [3.05, 3.63) is 77.5 Å². The molecule has 2 fully saturated rings. The summed E-state index contributed by atoms with van der Waals surface area (Å²) in [5.74, 6) is 1.62. The zero-order valence-electron chi connectivity index (χ0n) is 19.4. The van der Waals surface area contributed by atoms with Crippen molar-refractivity contribution >= 4 is 11.7 Å². The van der Waals surface area contributed by atoms with Gasteiger partial charge < -0.3 is 19.1 Å². The molecule has 1 amide bonds. The number of amides is 1. The molecule has 0 spiro atoms. The van der Waals surface area contributed by atoms with Crippen LogP contribution in [0.1, 0.15) is 34.5 Å². The molecule has 2 aromatic carbocycles. The summed E-state index contributed by atoms with van der Waals surface area (Å²) in [5, 5.41) is 0. The zero-order chi connectivity index (χ0) is 23.8. The summed E-state index contributed by atoms with van der Waals surface area (Å²) in [7, 11) is 0. The molecule has 1 aliphatic carbocycles. The van der Waals surface area contributed by atoms with E-state index in [9.17, 15) is 9.59 Å². The van der Waals surface area contributed by atoms with Crippen LogP contribution in [0.5, 0.6) is 11.5 Å². The molecular weight excluding hydrogens is 444 g/mol. The number of rotatable bonds is 6. The average molecular weight is 471 g/mol. The minimum absolute atomic E-state index is 0.0189. The van der Waals surface area contributed by atoms with Crippen LogP contribution in [0.25, 0.3) is 11.3 Å². The molecule has 2 aliphatic heterocycles. The number of Topliss-reactive ketones (excluding diaryl/α,β-unsaturated/α-hetero) is 1. The monoisotopic (exact) mass is 470 g/mol. The van der Waals surface area contributed by atoms with E-state index in [0.717, 1.165) is 41.1 Å². The van der Waals surface area contributed by atoms with Crippen LogP contribution in [0, 0.1) is 0 Å². The van der Waals surface area contributed by atoms with Crippen molar-refractivity contribution in [3.8, 4) is 22.8 Å². The number of pyridine rings is 1. The highest BCUT2D eigenvalue weighted by Crippen LogP contribution is 2.51. The second-order valence-corrected chi connectivity index (χ2v) is 9.25. The number of hydrogen-bond donors (Lipinski definition) is 0. The topological polar surface area (TPSA) is 78.0 Å². The predicted molar refractivity (Wildman–Crippen MR) is 129 cm³/mol. The Bertz CT molecular complexity index is 1280. The average Bonchev–Trinajstić information content (AvgIpc) is 3.60. The summed E-state index contributed by atoms with van der Waals surface area (Å²) in [6.45, 7) is 2.61. The number of ketones is 1. The lowest BCUT2D eigenvalue weighted by molar-refractivity contribution is -0.120. The number of nitrogens with zero attached hydrogens (tertiary/aromatic N) is 2.